The molecule has 2 aromatic rings. The molecule has 4 bridgehead atoms. The fourth-order valence-electron chi connectivity index (χ4n) is 2.90. The van der Waals surface area contributed by atoms with E-state index >= 15 is 0 Å². The quantitative estimate of drug-likeness (QED) is 0.640. The van der Waals surface area contributed by atoms with Crippen molar-refractivity contribution in [3.05, 3.63) is 41.1 Å². The monoisotopic (exact) mass is 384 g/mol. The van der Waals surface area contributed by atoms with Crippen molar-refractivity contribution in [3.8, 4) is 11.4 Å². The molecule has 1 aliphatic heterocycles. The number of carbonyl (C=O) groups excluding carboxylic acids is 1. The maximum absolute atomic E-state index is 12.6. The van der Waals surface area contributed by atoms with Crippen LogP contribution in [0.2, 0.25) is 0 Å². The smallest absolute Gasteiger partial charge is 0.251 e. The number of thioether (sulfide) groups is 1. The molecule has 1 amide bonds. The number of benzene rings is 1. The van der Waals surface area contributed by atoms with Gasteiger partial charge in [-0.3, -0.25) is 4.79 Å². The molecule has 0 saturated carbocycles. The maximum atomic E-state index is 12.6. The predicted molar refractivity (Wildman–Crippen MR) is 109 cm³/mol. The minimum absolute atomic E-state index is 0.101. The summed E-state index contributed by atoms with van der Waals surface area (Å²) in [5, 5.41) is 6.83. The third kappa shape index (κ3) is 4.77. The van der Waals surface area contributed by atoms with E-state index in [4.69, 9.17) is 5.73 Å². The summed E-state index contributed by atoms with van der Waals surface area (Å²) in [7, 11) is 0. The minimum atomic E-state index is -0.101. The normalized spacial score (nSPS) is 15.8. The van der Waals surface area contributed by atoms with Gasteiger partial charge in [0, 0.05) is 35.7 Å². The van der Waals surface area contributed by atoms with Crippen LogP contribution in [0.3, 0.4) is 0 Å². The molecule has 0 unspecified atom stereocenters. The first-order chi connectivity index (χ1) is 12.9. The van der Waals surface area contributed by atoms with Crippen LogP contribution in [0.25, 0.3) is 11.4 Å². The lowest BCUT2D eigenvalue weighted by molar-refractivity contribution is 0.0952. The number of aryl methyl sites for hydroxylation is 2. The Morgan fingerprint density at radius 1 is 1.07 bits per heavy atom. The van der Waals surface area contributed by atoms with E-state index in [1.54, 1.807) is 0 Å². The van der Waals surface area contributed by atoms with E-state index in [0.29, 0.717) is 23.1 Å². The van der Waals surface area contributed by atoms with Gasteiger partial charge in [0.1, 0.15) is 0 Å². The highest BCUT2D eigenvalue weighted by molar-refractivity contribution is 7.99. The summed E-state index contributed by atoms with van der Waals surface area (Å²) in [6.45, 7) is 9.31. The highest BCUT2D eigenvalue weighted by atomic mass is 32.2. The van der Waals surface area contributed by atoms with Crippen molar-refractivity contribution in [1.82, 2.24) is 25.6 Å². The molecular formula is C19H24N6OS. The average Bonchev–Trinajstić information content (AvgIpc) is 2.60. The molecule has 1 aliphatic rings. The zero-order valence-electron chi connectivity index (χ0n) is 15.6. The number of allylic oxidation sites excluding steroid dienone is 1. The van der Waals surface area contributed by atoms with Crippen LogP contribution in [0.15, 0.2) is 29.6 Å². The van der Waals surface area contributed by atoms with Crippen LogP contribution in [-0.4, -0.2) is 39.7 Å². The van der Waals surface area contributed by atoms with Gasteiger partial charge < -0.3 is 16.4 Å². The molecule has 1 aromatic carbocycles. The van der Waals surface area contributed by atoms with Gasteiger partial charge in [0.2, 0.25) is 5.95 Å². The highest BCUT2D eigenvalue weighted by Gasteiger charge is 2.16. The summed E-state index contributed by atoms with van der Waals surface area (Å²) in [5.74, 6) is 1.35. The topological polar surface area (TPSA) is 106 Å². The number of rotatable bonds is 0. The van der Waals surface area contributed by atoms with Gasteiger partial charge in [-0.05, 0) is 43.9 Å². The third-order valence-corrected chi connectivity index (χ3v) is 5.19. The molecule has 4 N–H and O–H groups in total. The molecule has 7 nitrogen and oxygen atoms in total. The fourth-order valence-corrected chi connectivity index (χ4v) is 3.74. The number of fused-ring (bicyclic) bond motifs is 5. The zero-order chi connectivity index (χ0) is 19.4. The van der Waals surface area contributed by atoms with Crippen LogP contribution in [-0.2, 0) is 0 Å². The molecule has 1 aromatic heterocycles. The van der Waals surface area contributed by atoms with Crippen molar-refractivity contribution < 1.29 is 4.79 Å². The largest absolute Gasteiger partial charge is 0.389 e. The van der Waals surface area contributed by atoms with E-state index in [1.807, 2.05) is 26.0 Å². The van der Waals surface area contributed by atoms with E-state index in [9.17, 15) is 4.79 Å². The van der Waals surface area contributed by atoms with Crippen molar-refractivity contribution in [2.24, 2.45) is 0 Å². The molecule has 0 saturated heterocycles. The number of aromatic nitrogens is 3. The number of hydrogen-bond acceptors (Lipinski definition) is 7. The van der Waals surface area contributed by atoms with Crippen LogP contribution in [0.1, 0.15) is 34.3 Å². The number of amides is 1. The molecule has 0 fully saturated rings. The highest BCUT2D eigenvalue weighted by Crippen LogP contribution is 2.26. The maximum Gasteiger partial charge on any atom is 0.251 e. The Hall–Kier alpha value is -2.61. The number of hydrogen-bond donors (Lipinski definition) is 3. The minimum Gasteiger partial charge on any atom is -0.389 e. The van der Waals surface area contributed by atoms with Crippen LogP contribution in [0.5, 0.6) is 0 Å². The Morgan fingerprint density at radius 3 is 2.63 bits per heavy atom. The average molecular weight is 385 g/mol. The van der Waals surface area contributed by atoms with Gasteiger partial charge in [0.25, 0.3) is 5.91 Å². The predicted octanol–water partition coefficient (Wildman–Crippen LogP) is 2.46. The molecular weight excluding hydrogens is 360 g/mol. The van der Waals surface area contributed by atoms with Crippen LogP contribution in [0.4, 0.5) is 5.95 Å². The van der Waals surface area contributed by atoms with Gasteiger partial charge in [0.15, 0.2) is 11.0 Å². The van der Waals surface area contributed by atoms with E-state index in [0.717, 1.165) is 47.5 Å². The zero-order valence-corrected chi connectivity index (χ0v) is 16.4. The molecule has 0 radical (unpaired) electrons. The standard InChI is InChI=1S/C19H24N6OS/c1-11-9-12(2)15-10-14(11)16-23-18(20)25-19(24-16)27-8-5-13(3)21-6-4-7-22-17(15)26/h9-10,21H,3-8H2,1-2H3,(H,22,26)(H2,20,23,24,25). The van der Waals surface area contributed by atoms with Gasteiger partial charge >= 0.3 is 0 Å². The third-order valence-electron chi connectivity index (χ3n) is 4.34. The van der Waals surface area contributed by atoms with Gasteiger partial charge in [-0.25, -0.2) is 4.98 Å². The van der Waals surface area contributed by atoms with Crippen LogP contribution < -0.4 is 16.4 Å². The molecule has 2 heterocycles. The first-order valence-electron chi connectivity index (χ1n) is 8.90. The Morgan fingerprint density at radius 2 is 1.81 bits per heavy atom. The van der Waals surface area contributed by atoms with Gasteiger partial charge in [-0.2, -0.15) is 9.97 Å². The fraction of sp³-hybridized carbons (Fsp3) is 0.368. The lowest BCUT2D eigenvalue weighted by Crippen LogP contribution is -2.28. The van der Waals surface area contributed by atoms with Crippen molar-refractivity contribution in [1.29, 1.82) is 0 Å². The van der Waals surface area contributed by atoms with Crippen LogP contribution in [0, 0.1) is 13.8 Å². The Bertz CT molecular complexity index is 883. The van der Waals surface area contributed by atoms with Crippen molar-refractivity contribution in [2.75, 3.05) is 24.6 Å². The molecule has 0 aliphatic carbocycles. The van der Waals surface area contributed by atoms with Crippen molar-refractivity contribution in [2.45, 2.75) is 31.8 Å². The van der Waals surface area contributed by atoms with E-state index < -0.39 is 0 Å². The summed E-state index contributed by atoms with van der Waals surface area (Å²) >= 11 is 1.52. The molecule has 3 rings (SSSR count). The molecule has 27 heavy (non-hydrogen) atoms. The summed E-state index contributed by atoms with van der Waals surface area (Å²) in [6.07, 6.45) is 1.63. The van der Waals surface area contributed by atoms with E-state index in [-0.39, 0.29) is 11.9 Å². The molecule has 0 spiro atoms. The van der Waals surface area contributed by atoms with E-state index in [2.05, 4.69) is 32.2 Å². The second-order valence-corrected chi connectivity index (χ2v) is 7.58. The van der Waals surface area contributed by atoms with Gasteiger partial charge in [-0.15, -0.1) is 0 Å². The number of carbonyl (C=O) groups is 1. The summed E-state index contributed by atoms with van der Waals surface area (Å²) < 4.78 is 0. The molecule has 0 atom stereocenters. The van der Waals surface area contributed by atoms with E-state index in [1.165, 1.54) is 11.8 Å². The summed E-state index contributed by atoms with van der Waals surface area (Å²) in [5.41, 5.74) is 10.2. The Kier molecular flexibility index (Phi) is 5.95. The number of anilines is 1. The lowest BCUT2D eigenvalue weighted by atomic mass is 9.99. The van der Waals surface area contributed by atoms with Crippen molar-refractivity contribution in [3.63, 3.8) is 0 Å². The lowest BCUT2D eigenvalue weighted by Gasteiger charge is -2.14. The number of nitrogens with two attached hydrogens (primary N) is 1. The van der Waals surface area contributed by atoms with Gasteiger partial charge in [0.05, 0.1) is 0 Å². The molecule has 142 valence electrons. The van der Waals surface area contributed by atoms with Crippen molar-refractivity contribution >= 4 is 23.6 Å². The number of nitrogen functional groups attached to an aromatic ring is 1. The first-order valence-corrected chi connectivity index (χ1v) is 9.88. The summed E-state index contributed by atoms with van der Waals surface area (Å²) in [4.78, 5) is 25.7. The summed E-state index contributed by atoms with van der Waals surface area (Å²) in [6, 6.07) is 3.82. The number of nitrogens with zero attached hydrogens (tertiary/aromatic N) is 3. The van der Waals surface area contributed by atoms with Crippen LogP contribution >= 0.6 is 11.8 Å². The van der Waals surface area contributed by atoms with Gasteiger partial charge in [-0.1, -0.05) is 24.4 Å². The second kappa shape index (κ2) is 8.39. The second-order valence-electron chi connectivity index (χ2n) is 6.52. The SMILES string of the molecule is C=C1CCSc2nc(N)nc(n2)-c2cc(c(C)cc2C)C(=O)NCCCN1. The molecule has 8 heteroatoms. The Balaban J connectivity index is 2.03. The first kappa shape index (κ1) is 19.2. The number of nitrogens with one attached hydrogen (secondary N) is 2. The Labute approximate surface area is 163 Å².